The molecule has 0 saturated heterocycles. The molecule has 0 amide bonds. The van der Waals surface area contributed by atoms with Crippen LogP contribution < -0.4 is 0 Å². The van der Waals surface area contributed by atoms with E-state index in [9.17, 15) is 4.39 Å². The van der Waals surface area contributed by atoms with Crippen molar-refractivity contribution in [2.75, 3.05) is 6.86 Å². The normalized spacial score (nSPS) is 34.2. The van der Waals surface area contributed by atoms with Gasteiger partial charge in [-0.25, -0.2) is 4.39 Å². The van der Waals surface area contributed by atoms with Crippen molar-refractivity contribution in [3.63, 3.8) is 0 Å². The van der Waals surface area contributed by atoms with Crippen molar-refractivity contribution < 1.29 is 9.13 Å². The number of thiol groups is 1. The molecule has 1 fully saturated rings. The maximum absolute atomic E-state index is 11.6. The van der Waals surface area contributed by atoms with Gasteiger partial charge in [0.1, 0.15) is 0 Å². The van der Waals surface area contributed by atoms with Crippen molar-refractivity contribution in [1.29, 1.82) is 0 Å². The maximum Gasteiger partial charge on any atom is 0.188 e. The van der Waals surface area contributed by atoms with Crippen LogP contribution >= 0.6 is 12.6 Å². The SMILES string of the molecule is FCOC1CCC(S)CC1. The minimum absolute atomic E-state index is 0.161. The molecule has 1 nitrogen and oxygen atoms in total. The highest BCUT2D eigenvalue weighted by atomic mass is 32.1. The highest BCUT2D eigenvalue weighted by Crippen LogP contribution is 2.24. The zero-order valence-corrected chi connectivity index (χ0v) is 6.82. The number of ether oxygens (including phenoxy) is 1. The maximum atomic E-state index is 11.6. The first-order chi connectivity index (χ1) is 4.83. The second-order valence-electron chi connectivity index (χ2n) is 2.71. The van der Waals surface area contributed by atoms with Crippen molar-refractivity contribution in [2.24, 2.45) is 0 Å². The molecule has 0 unspecified atom stereocenters. The molecule has 1 aliphatic rings. The van der Waals surface area contributed by atoms with E-state index in [2.05, 4.69) is 12.6 Å². The predicted molar refractivity (Wildman–Crippen MR) is 42.1 cm³/mol. The molecule has 0 radical (unpaired) electrons. The minimum atomic E-state index is -0.637. The topological polar surface area (TPSA) is 9.23 Å². The van der Waals surface area contributed by atoms with Crippen LogP contribution in [0.5, 0.6) is 0 Å². The third-order valence-corrected chi connectivity index (χ3v) is 2.46. The fourth-order valence-electron chi connectivity index (χ4n) is 1.30. The van der Waals surface area contributed by atoms with E-state index >= 15 is 0 Å². The van der Waals surface area contributed by atoms with Crippen LogP contribution in [0.15, 0.2) is 0 Å². The summed E-state index contributed by atoms with van der Waals surface area (Å²) in [7, 11) is 0. The molecule has 0 bridgehead atoms. The molecule has 3 heteroatoms. The highest BCUT2D eigenvalue weighted by Gasteiger charge is 2.18. The minimum Gasteiger partial charge on any atom is -0.347 e. The fourth-order valence-corrected chi connectivity index (χ4v) is 1.60. The van der Waals surface area contributed by atoms with Gasteiger partial charge in [-0.3, -0.25) is 0 Å². The number of halogens is 1. The summed E-state index contributed by atoms with van der Waals surface area (Å²) in [6.45, 7) is -0.637. The van der Waals surface area contributed by atoms with E-state index in [1.807, 2.05) is 0 Å². The first-order valence-electron chi connectivity index (χ1n) is 3.68. The Morgan fingerprint density at radius 3 is 2.40 bits per heavy atom. The van der Waals surface area contributed by atoms with Gasteiger partial charge in [-0.2, -0.15) is 12.6 Å². The van der Waals surface area contributed by atoms with Gasteiger partial charge in [0, 0.05) is 5.25 Å². The Bertz CT molecular complexity index is 91.6. The molecule has 0 aromatic carbocycles. The standard InChI is InChI=1S/C7H13FOS/c8-5-9-6-1-3-7(10)4-2-6/h6-7,10H,1-5H2. The van der Waals surface area contributed by atoms with Crippen LogP contribution in [0, 0.1) is 0 Å². The summed E-state index contributed by atoms with van der Waals surface area (Å²) in [6, 6.07) is 0. The molecule has 60 valence electrons. The van der Waals surface area contributed by atoms with Crippen LogP contribution in [0.2, 0.25) is 0 Å². The van der Waals surface area contributed by atoms with Gasteiger partial charge in [-0.05, 0) is 25.7 Å². The van der Waals surface area contributed by atoms with E-state index in [1.165, 1.54) is 0 Å². The lowest BCUT2D eigenvalue weighted by atomic mass is 9.97. The zero-order chi connectivity index (χ0) is 7.40. The smallest absolute Gasteiger partial charge is 0.188 e. The highest BCUT2D eigenvalue weighted by molar-refractivity contribution is 7.80. The van der Waals surface area contributed by atoms with Gasteiger partial charge in [0.2, 0.25) is 0 Å². The Kier molecular flexibility index (Phi) is 3.49. The van der Waals surface area contributed by atoms with Gasteiger partial charge in [-0.15, -0.1) is 0 Å². The molecule has 1 saturated carbocycles. The number of hydrogen-bond acceptors (Lipinski definition) is 2. The Balaban J connectivity index is 2.13. The van der Waals surface area contributed by atoms with Gasteiger partial charge in [0.05, 0.1) is 6.10 Å². The Labute approximate surface area is 66.4 Å². The Morgan fingerprint density at radius 2 is 1.90 bits per heavy atom. The largest absolute Gasteiger partial charge is 0.347 e. The lowest BCUT2D eigenvalue weighted by Gasteiger charge is -2.24. The number of rotatable bonds is 2. The van der Waals surface area contributed by atoms with Gasteiger partial charge in [0.25, 0.3) is 0 Å². The summed E-state index contributed by atoms with van der Waals surface area (Å²) in [4.78, 5) is 0. The molecule has 0 heterocycles. The molecule has 0 atom stereocenters. The van der Waals surface area contributed by atoms with Crippen LogP contribution in [0.3, 0.4) is 0 Å². The molecule has 0 aromatic rings. The van der Waals surface area contributed by atoms with E-state index in [0.29, 0.717) is 5.25 Å². The van der Waals surface area contributed by atoms with Gasteiger partial charge in [-0.1, -0.05) is 0 Å². The van der Waals surface area contributed by atoms with Crippen LogP contribution in [0.1, 0.15) is 25.7 Å². The number of alkyl halides is 1. The second-order valence-corrected chi connectivity index (χ2v) is 3.44. The number of hydrogen-bond donors (Lipinski definition) is 1. The van der Waals surface area contributed by atoms with Crippen LogP contribution in [-0.2, 0) is 4.74 Å². The van der Waals surface area contributed by atoms with Crippen molar-refractivity contribution in [2.45, 2.75) is 37.0 Å². The summed E-state index contributed by atoms with van der Waals surface area (Å²) in [5, 5.41) is 0.513. The fraction of sp³-hybridized carbons (Fsp3) is 1.00. The van der Waals surface area contributed by atoms with E-state index in [4.69, 9.17) is 4.74 Å². The van der Waals surface area contributed by atoms with Crippen molar-refractivity contribution in [3.8, 4) is 0 Å². The molecule has 1 rings (SSSR count). The molecule has 0 aliphatic heterocycles. The van der Waals surface area contributed by atoms with Crippen LogP contribution in [0.4, 0.5) is 4.39 Å². The summed E-state index contributed by atoms with van der Waals surface area (Å²) in [6.07, 6.45) is 4.23. The Morgan fingerprint density at radius 1 is 1.30 bits per heavy atom. The van der Waals surface area contributed by atoms with Crippen molar-refractivity contribution >= 4 is 12.6 Å². The third-order valence-electron chi connectivity index (χ3n) is 1.94. The second kappa shape index (κ2) is 4.19. The molecular formula is C7H13FOS. The van der Waals surface area contributed by atoms with Crippen molar-refractivity contribution in [3.05, 3.63) is 0 Å². The lowest BCUT2D eigenvalue weighted by Crippen LogP contribution is -2.21. The average molecular weight is 164 g/mol. The molecule has 10 heavy (non-hydrogen) atoms. The monoisotopic (exact) mass is 164 g/mol. The first-order valence-corrected chi connectivity index (χ1v) is 4.20. The van der Waals surface area contributed by atoms with Crippen LogP contribution in [0.25, 0.3) is 0 Å². The summed E-state index contributed by atoms with van der Waals surface area (Å²) < 4.78 is 16.5. The van der Waals surface area contributed by atoms with Crippen LogP contribution in [-0.4, -0.2) is 18.2 Å². The lowest BCUT2D eigenvalue weighted by molar-refractivity contribution is -0.0208. The molecule has 0 spiro atoms. The summed E-state index contributed by atoms with van der Waals surface area (Å²) in [5.74, 6) is 0. The predicted octanol–water partition coefficient (Wildman–Crippen LogP) is 2.17. The quantitative estimate of drug-likeness (QED) is 0.615. The van der Waals surface area contributed by atoms with E-state index in [-0.39, 0.29) is 6.10 Å². The molecule has 1 aliphatic carbocycles. The summed E-state index contributed by atoms with van der Waals surface area (Å²) in [5.41, 5.74) is 0. The van der Waals surface area contributed by atoms with E-state index in [0.717, 1.165) is 25.7 Å². The Hall–Kier alpha value is 0.240. The first kappa shape index (κ1) is 8.34. The molecular weight excluding hydrogens is 151 g/mol. The average Bonchev–Trinajstić information content (AvgIpc) is 1.95. The third kappa shape index (κ3) is 2.46. The van der Waals surface area contributed by atoms with E-state index < -0.39 is 6.86 Å². The zero-order valence-electron chi connectivity index (χ0n) is 5.92. The van der Waals surface area contributed by atoms with E-state index in [1.54, 1.807) is 0 Å². The molecule has 0 aromatic heterocycles. The van der Waals surface area contributed by atoms with Gasteiger partial charge < -0.3 is 4.74 Å². The molecule has 0 N–H and O–H groups in total. The van der Waals surface area contributed by atoms with Gasteiger partial charge in [0.15, 0.2) is 6.86 Å². The van der Waals surface area contributed by atoms with Crippen molar-refractivity contribution in [1.82, 2.24) is 0 Å². The summed E-state index contributed by atoms with van der Waals surface area (Å²) >= 11 is 4.32. The van der Waals surface area contributed by atoms with Gasteiger partial charge >= 0.3 is 0 Å².